The van der Waals surface area contributed by atoms with E-state index in [1.807, 2.05) is 48.5 Å². The van der Waals surface area contributed by atoms with Gasteiger partial charge in [-0.25, -0.2) is 4.79 Å². The molecular weight excluding hydrogens is 574 g/mol. The summed E-state index contributed by atoms with van der Waals surface area (Å²) in [5.74, 6) is 1.58. The topological polar surface area (TPSA) is 126 Å². The minimum atomic E-state index is -0.646. The fourth-order valence-electron chi connectivity index (χ4n) is 4.59. The minimum Gasteiger partial charge on any atom is -0.493 e. The van der Waals surface area contributed by atoms with Crippen molar-refractivity contribution in [2.45, 2.75) is 49.9 Å². The lowest BCUT2D eigenvalue weighted by Gasteiger charge is -2.28. The highest BCUT2D eigenvalue weighted by Gasteiger charge is 2.36. The van der Waals surface area contributed by atoms with Crippen molar-refractivity contribution in [1.29, 1.82) is 0 Å². The Morgan fingerprint density at radius 2 is 1.90 bits per heavy atom. The highest BCUT2D eigenvalue weighted by atomic mass is 32.2. The Bertz CT molecular complexity index is 1520. The molecule has 0 saturated carbocycles. The van der Waals surface area contributed by atoms with E-state index in [4.69, 9.17) is 14.2 Å². The molecule has 220 valence electrons. The van der Waals surface area contributed by atoms with Crippen molar-refractivity contribution in [1.82, 2.24) is 30.4 Å². The number of unbranched alkanes of at least 4 members (excludes halogenated alkanes) is 3. The van der Waals surface area contributed by atoms with Gasteiger partial charge in [-0.15, -0.1) is 10.2 Å². The van der Waals surface area contributed by atoms with Gasteiger partial charge in [0, 0.05) is 17.0 Å². The highest BCUT2D eigenvalue weighted by Crippen LogP contribution is 2.40. The lowest BCUT2D eigenvalue weighted by atomic mass is 9.95. The van der Waals surface area contributed by atoms with Crippen molar-refractivity contribution < 1.29 is 19.0 Å². The number of aromatic nitrogens is 6. The van der Waals surface area contributed by atoms with Crippen LogP contribution in [0.3, 0.4) is 0 Å². The fraction of sp³-hybridized carbons (Fsp3) is 0.379. The molecule has 13 heteroatoms. The third kappa shape index (κ3) is 6.73. The summed E-state index contributed by atoms with van der Waals surface area (Å²) < 4.78 is 19.6. The van der Waals surface area contributed by atoms with Crippen LogP contribution in [0.2, 0.25) is 0 Å². The maximum atomic E-state index is 13.5. The number of anilines is 1. The molecule has 0 aliphatic carbocycles. The number of rotatable bonds is 14. The van der Waals surface area contributed by atoms with E-state index in [9.17, 15) is 4.79 Å². The van der Waals surface area contributed by atoms with Crippen molar-refractivity contribution in [2.24, 2.45) is 0 Å². The maximum Gasteiger partial charge on any atom is 0.338 e. The summed E-state index contributed by atoms with van der Waals surface area (Å²) in [4.78, 5) is 13.5. The molecule has 5 rings (SSSR count). The van der Waals surface area contributed by atoms with Gasteiger partial charge in [0.2, 0.25) is 5.95 Å². The average Bonchev–Trinajstić information content (AvgIpc) is 3.69. The van der Waals surface area contributed by atoms with E-state index in [2.05, 4.69) is 38.0 Å². The molecule has 1 aliphatic rings. The number of methoxy groups -OCH3 is 1. The molecule has 11 nitrogen and oxygen atoms in total. The molecule has 1 aliphatic heterocycles. The van der Waals surface area contributed by atoms with E-state index in [1.165, 1.54) is 35.9 Å². The number of esters is 1. The van der Waals surface area contributed by atoms with Crippen LogP contribution in [-0.4, -0.2) is 62.5 Å². The van der Waals surface area contributed by atoms with Crippen LogP contribution in [0.15, 0.2) is 64.1 Å². The van der Waals surface area contributed by atoms with E-state index in [-0.39, 0.29) is 6.61 Å². The van der Waals surface area contributed by atoms with Gasteiger partial charge >= 0.3 is 5.97 Å². The second-order valence-electron chi connectivity index (χ2n) is 9.43. The van der Waals surface area contributed by atoms with Crippen LogP contribution in [0.1, 0.15) is 51.1 Å². The van der Waals surface area contributed by atoms with E-state index in [0.29, 0.717) is 41.1 Å². The van der Waals surface area contributed by atoms with E-state index < -0.39 is 12.0 Å². The number of thioether (sulfide) groups is 1. The second kappa shape index (κ2) is 14.3. The molecule has 3 heterocycles. The van der Waals surface area contributed by atoms with Crippen LogP contribution >= 0.6 is 23.1 Å². The maximum absolute atomic E-state index is 13.5. The molecule has 4 aromatic rings. The number of nitrogens with zero attached hydrogens (tertiary/aromatic N) is 6. The smallest absolute Gasteiger partial charge is 0.338 e. The summed E-state index contributed by atoms with van der Waals surface area (Å²) >= 11 is 2.97. The first kappa shape index (κ1) is 29.5. The van der Waals surface area contributed by atoms with Crippen LogP contribution in [0.4, 0.5) is 5.95 Å². The zero-order chi connectivity index (χ0) is 29.3. The number of hydrogen-bond donors (Lipinski definition) is 1. The third-order valence-corrected chi connectivity index (χ3v) is 8.75. The summed E-state index contributed by atoms with van der Waals surface area (Å²) in [6, 6.07) is 14.9. The molecule has 0 bridgehead atoms. The molecule has 0 saturated heterocycles. The van der Waals surface area contributed by atoms with Gasteiger partial charge in [0.05, 0.1) is 25.9 Å². The van der Waals surface area contributed by atoms with Crippen molar-refractivity contribution in [3.8, 4) is 22.1 Å². The predicted octanol–water partition coefficient (Wildman–Crippen LogP) is 5.78. The molecule has 0 spiro atoms. The van der Waals surface area contributed by atoms with Crippen molar-refractivity contribution in [2.75, 3.05) is 31.4 Å². The summed E-state index contributed by atoms with van der Waals surface area (Å²) in [6.07, 6.45) is 4.44. The Morgan fingerprint density at radius 3 is 2.69 bits per heavy atom. The zero-order valence-electron chi connectivity index (χ0n) is 23.8. The summed E-state index contributed by atoms with van der Waals surface area (Å²) in [6.45, 7) is 4.79. The standard InChI is InChI=1S/C29H33N7O4S2/c1-4-6-7-11-16-40-22-15-14-20(17-23(22)38-3)25-24(27(37)39-5-2)21(30-28-32-34-35-36(25)28)18-41-29-33-31-26(42-29)19-12-9-8-10-13-19/h8-10,12-15,17,25H,4-7,11,16,18H2,1-3H3,(H,30,32,35). The molecule has 0 amide bonds. The zero-order valence-corrected chi connectivity index (χ0v) is 25.4. The third-order valence-electron chi connectivity index (χ3n) is 6.62. The van der Waals surface area contributed by atoms with Crippen LogP contribution < -0.4 is 14.8 Å². The first-order valence-corrected chi connectivity index (χ1v) is 15.7. The predicted molar refractivity (Wildman–Crippen MR) is 162 cm³/mol. The lowest BCUT2D eigenvalue weighted by molar-refractivity contribution is -0.139. The number of tetrazole rings is 1. The summed E-state index contributed by atoms with van der Waals surface area (Å²) in [7, 11) is 1.60. The number of carbonyl (C=O) groups excluding carboxylic acids is 1. The molecule has 1 unspecified atom stereocenters. The van der Waals surface area contributed by atoms with Gasteiger partial charge in [0.15, 0.2) is 15.8 Å². The second-order valence-corrected chi connectivity index (χ2v) is 11.6. The van der Waals surface area contributed by atoms with Crippen LogP contribution in [0, 0.1) is 0 Å². The SMILES string of the molecule is CCCCCCOc1ccc(C2C(C(=O)OCC)=C(CSc3nnc(-c4ccccc4)s3)Nc3nnnn32)cc1OC. The number of carbonyl (C=O) groups is 1. The Morgan fingerprint density at radius 1 is 1.05 bits per heavy atom. The van der Waals surface area contributed by atoms with Crippen LogP contribution in [0.5, 0.6) is 11.5 Å². The van der Waals surface area contributed by atoms with Crippen molar-refractivity contribution in [3.05, 3.63) is 65.4 Å². The molecule has 1 atom stereocenters. The van der Waals surface area contributed by atoms with Crippen LogP contribution in [0.25, 0.3) is 10.6 Å². The Hall–Kier alpha value is -3.97. The fourth-order valence-corrected chi connectivity index (χ4v) is 6.41. The lowest BCUT2D eigenvalue weighted by Crippen LogP contribution is -2.31. The Kier molecular flexibility index (Phi) is 10.0. The molecular formula is C29H33N7O4S2. The molecule has 0 radical (unpaired) electrons. The first-order valence-electron chi connectivity index (χ1n) is 13.9. The molecule has 1 N–H and O–H groups in total. The van der Waals surface area contributed by atoms with Gasteiger partial charge in [0.25, 0.3) is 0 Å². The number of hydrogen-bond acceptors (Lipinski definition) is 12. The molecule has 42 heavy (non-hydrogen) atoms. The van der Waals surface area contributed by atoms with E-state index in [1.54, 1.807) is 18.7 Å². The van der Waals surface area contributed by atoms with Gasteiger partial charge in [-0.2, -0.15) is 4.68 Å². The summed E-state index contributed by atoms with van der Waals surface area (Å²) in [5, 5.41) is 25.0. The summed E-state index contributed by atoms with van der Waals surface area (Å²) in [5.41, 5.74) is 2.81. The number of benzene rings is 2. The highest BCUT2D eigenvalue weighted by molar-refractivity contribution is 8.01. The van der Waals surface area contributed by atoms with Gasteiger partial charge in [0.1, 0.15) is 11.0 Å². The molecule has 2 aromatic heterocycles. The quantitative estimate of drug-likeness (QED) is 0.106. The normalized spacial score (nSPS) is 14.3. The van der Waals surface area contributed by atoms with E-state index in [0.717, 1.165) is 33.3 Å². The van der Waals surface area contributed by atoms with Crippen LogP contribution in [-0.2, 0) is 9.53 Å². The molecule has 2 aromatic carbocycles. The monoisotopic (exact) mass is 607 g/mol. The van der Waals surface area contributed by atoms with Crippen molar-refractivity contribution in [3.63, 3.8) is 0 Å². The largest absolute Gasteiger partial charge is 0.493 e. The number of fused-ring (bicyclic) bond motifs is 1. The molecule has 0 fully saturated rings. The van der Waals surface area contributed by atoms with Gasteiger partial charge < -0.3 is 19.5 Å². The van der Waals surface area contributed by atoms with Gasteiger partial charge in [-0.1, -0.05) is 90.8 Å². The first-order chi connectivity index (χ1) is 20.6. The van der Waals surface area contributed by atoms with Gasteiger partial charge in [-0.3, -0.25) is 0 Å². The minimum absolute atomic E-state index is 0.225. The Labute approximate surface area is 252 Å². The number of ether oxygens (including phenoxy) is 3. The average molecular weight is 608 g/mol. The van der Waals surface area contributed by atoms with Crippen molar-refractivity contribution >= 4 is 35.0 Å². The van der Waals surface area contributed by atoms with E-state index >= 15 is 0 Å². The Balaban J connectivity index is 1.44. The number of nitrogens with one attached hydrogen (secondary N) is 1. The van der Waals surface area contributed by atoms with Gasteiger partial charge in [-0.05, 0) is 41.5 Å².